The van der Waals surface area contributed by atoms with Gasteiger partial charge in [-0.3, -0.25) is 9.78 Å². The fraction of sp³-hybridized carbons (Fsp3) is 0.286. The summed E-state index contributed by atoms with van der Waals surface area (Å²) in [5.74, 6) is -0.117. The van der Waals surface area contributed by atoms with Gasteiger partial charge in [0, 0.05) is 25.2 Å². The van der Waals surface area contributed by atoms with Crippen molar-refractivity contribution < 1.29 is 9.53 Å². The minimum atomic E-state index is -0.117. The first-order valence-electron chi connectivity index (χ1n) is 6.25. The van der Waals surface area contributed by atoms with E-state index in [1.807, 2.05) is 12.1 Å². The molecule has 0 bridgehead atoms. The Balaban J connectivity index is 2.06. The number of carbonyl (C=O) groups is 1. The molecular weight excluding hydrogens is 278 g/mol. The Bertz CT molecular complexity index is 604. The largest absolute Gasteiger partial charge is 0.383 e. The van der Waals surface area contributed by atoms with E-state index in [1.54, 1.807) is 25.4 Å². The van der Waals surface area contributed by atoms with Crippen molar-refractivity contribution in [1.82, 2.24) is 10.3 Å². The number of pyridine rings is 1. The number of methoxy groups -OCH3 is 1. The Morgan fingerprint density at radius 1 is 1.40 bits per heavy atom. The minimum Gasteiger partial charge on any atom is -0.383 e. The molecule has 0 atom stereocenters. The molecule has 0 saturated carbocycles. The van der Waals surface area contributed by atoms with Crippen molar-refractivity contribution in [3.05, 3.63) is 35.5 Å². The monoisotopic (exact) mass is 293 g/mol. The molecule has 1 heterocycles. The molecule has 0 aliphatic carbocycles. The van der Waals surface area contributed by atoms with Crippen LogP contribution in [0.5, 0.6) is 0 Å². The second-order valence-corrected chi connectivity index (χ2v) is 4.62. The Labute approximate surface area is 122 Å². The second kappa shape index (κ2) is 7.19. The number of ether oxygens (including phenoxy) is 1. The van der Waals surface area contributed by atoms with Gasteiger partial charge in [-0.25, -0.2) is 0 Å². The van der Waals surface area contributed by atoms with Crippen LogP contribution in [0.2, 0.25) is 5.02 Å². The van der Waals surface area contributed by atoms with Crippen molar-refractivity contribution >= 4 is 34.1 Å². The number of halogens is 1. The number of benzene rings is 1. The van der Waals surface area contributed by atoms with E-state index >= 15 is 0 Å². The zero-order valence-corrected chi connectivity index (χ0v) is 11.9. The molecule has 2 N–H and O–H groups in total. The standard InChI is InChI=1S/C14H16ClN3O2/c1-20-8-7-16-9-13(19)18-12-5-4-11(15)14-10(12)3-2-6-17-14/h2-6,16H,7-9H2,1H3,(H,18,19). The lowest BCUT2D eigenvalue weighted by Crippen LogP contribution is -2.30. The molecule has 0 aliphatic heterocycles. The minimum absolute atomic E-state index is 0.117. The summed E-state index contributed by atoms with van der Waals surface area (Å²) in [6.07, 6.45) is 1.67. The van der Waals surface area contributed by atoms with Gasteiger partial charge in [-0.05, 0) is 24.3 Å². The summed E-state index contributed by atoms with van der Waals surface area (Å²) in [5, 5.41) is 7.23. The molecule has 1 amide bonds. The summed E-state index contributed by atoms with van der Waals surface area (Å²) in [6, 6.07) is 7.19. The van der Waals surface area contributed by atoms with Gasteiger partial charge in [0.2, 0.25) is 5.91 Å². The summed E-state index contributed by atoms with van der Waals surface area (Å²) in [4.78, 5) is 16.1. The molecule has 20 heavy (non-hydrogen) atoms. The highest BCUT2D eigenvalue weighted by atomic mass is 35.5. The number of amides is 1. The van der Waals surface area contributed by atoms with Crippen molar-refractivity contribution in [1.29, 1.82) is 0 Å². The number of rotatable bonds is 6. The van der Waals surface area contributed by atoms with E-state index in [9.17, 15) is 4.79 Å². The van der Waals surface area contributed by atoms with Gasteiger partial charge in [0.15, 0.2) is 0 Å². The molecule has 5 nitrogen and oxygen atoms in total. The average molecular weight is 294 g/mol. The topological polar surface area (TPSA) is 63.2 Å². The molecule has 0 aliphatic rings. The predicted molar refractivity (Wildman–Crippen MR) is 80.1 cm³/mol. The molecule has 0 spiro atoms. The third kappa shape index (κ3) is 3.66. The highest BCUT2D eigenvalue weighted by Gasteiger charge is 2.08. The highest BCUT2D eigenvalue weighted by molar-refractivity contribution is 6.35. The fourth-order valence-electron chi connectivity index (χ4n) is 1.82. The first-order chi connectivity index (χ1) is 9.72. The first-order valence-corrected chi connectivity index (χ1v) is 6.63. The van der Waals surface area contributed by atoms with Gasteiger partial charge in [-0.15, -0.1) is 0 Å². The van der Waals surface area contributed by atoms with E-state index in [1.165, 1.54) is 0 Å². The van der Waals surface area contributed by atoms with Crippen molar-refractivity contribution in [3.63, 3.8) is 0 Å². The van der Waals surface area contributed by atoms with Crippen LogP contribution in [-0.2, 0) is 9.53 Å². The normalized spacial score (nSPS) is 10.7. The lowest BCUT2D eigenvalue weighted by atomic mass is 10.2. The van der Waals surface area contributed by atoms with Gasteiger partial charge in [0.1, 0.15) is 0 Å². The summed E-state index contributed by atoms with van der Waals surface area (Å²) in [7, 11) is 1.62. The van der Waals surface area contributed by atoms with Crippen LogP contribution in [0, 0.1) is 0 Å². The van der Waals surface area contributed by atoms with E-state index in [-0.39, 0.29) is 12.5 Å². The number of fused-ring (bicyclic) bond motifs is 1. The summed E-state index contributed by atoms with van der Waals surface area (Å²) in [6.45, 7) is 1.43. The number of carbonyl (C=O) groups excluding carboxylic acids is 1. The van der Waals surface area contributed by atoms with Gasteiger partial charge >= 0.3 is 0 Å². The van der Waals surface area contributed by atoms with Crippen LogP contribution in [0.3, 0.4) is 0 Å². The fourth-order valence-corrected chi connectivity index (χ4v) is 2.03. The second-order valence-electron chi connectivity index (χ2n) is 4.21. The molecule has 0 unspecified atom stereocenters. The van der Waals surface area contributed by atoms with Crippen molar-refractivity contribution in [2.45, 2.75) is 0 Å². The third-order valence-corrected chi connectivity index (χ3v) is 3.07. The maximum Gasteiger partial charge on any atom is 0.238 e. The van der Waals surface area contributed by atoms with Crippen LogP contribution in [0.15, 0.2) is 30.5 Å². The van der Waals surface area contributed by atoms with Gasteiger partial charge in [0.05, 0.1) is 29.4 Å². The van der Waals surface area contributed by atoms with Crippen molar-refractivity contribution in [2.75, 3.05) is 32.1 Å². The SMILES string of the molecule is COCCNCC(=O)Nc1ccc(Cl)c2ncccc12. The highest BCUT2D eigenvalue weighted by Crippen LogP contribution is 2.27. The van der Waals surface area contributed by atoms with Crippen LogP contribution in [-0.4, -0.2) is 37.7 Å². The smallest absolute Gasteiger partial charge is 0.238 e. The zero-order valence-electron chi connectivity index (χ0n) is 11.1. The van der Waals surface area contributed by atoms with Crippen LogP contribution < -0.4 is 10.6 Å². The Morgan fingerprint density at radius 2 is 2.25 bits per heavy atom. The number of anilines is 1. The third-order valence-electron chi connectivity index (χ3n) is 2.76. The first kappa shape index (κ1) is 14.7. The Kier molecular flexibility index (Phi) is 5.29. The molecule has 1 aromatic carbocycles. The number of nitrogens with zero attached hydrogens (tertiary/aromatic N) is 1. The van der Waals surface area contributed by atoms with Gasteiger partial charge in [-0.2, -0.15) is 0 Å². The van der Waals surface area contributed by atoms with Crippen LogP contribution >= 0.6 is 11.6 Å². The number of hydrogen-bond donors (Lipinski definition) is 2. The van der Waals surface area contributed by atoms with Gasteiger partial charge < -0.3 is 15.4 Å². The Hall–Kier alpha value is -1.69. The predicted octanol–water partition coefficient (Wildman–Crippen LogP) is 2.06. The average Bonchev–Trinajstić information content (AvgIpc) is 2.47. The van der Waals surface area contributed by atoms with Crippen LogP contribution in [0.4, 0.5) is 5.69 Å². The molecule has 0 saturated heterocycles. The number of nitrogens with one attached hydrogen (secondary N) is 2. The van der Waals surface area contributed by atoms with E-state index in [0.717, 1.165) is 5.39 Å². The molecule has 1 aromatic heterocycles. The molecular formula is C14H16ClN3O2. The van der Waals surface area contributed by atoms with Crippen molar-refractivity contribution in [3.8, 4) is 0 Å². The Morgan fingerprint density at radius 3 is 3.05 bits per heavy atom. The zero-order chi connectivity index (χ0) is 14.4. The van der Waals surface area contributed by atoms with E-state index in [0.29, 0.717) is 29.4 Å². The van der Waals surface area contributed by atoms with Crippen LogP contribution in [0.25, 0.3) is 10.9 Å². The molecule has 2 rings (SSSR count). The molecule has 106 valence electrons. The maximum absolute atomic E-state index is 11.8. The molecule has 6 heteroatoms. The van der Waals surface area contributed by atoms with E-state index in [4.69, 9.17) is 16.3 Å². The summed E-state index contributed by atoms with van der Waals surface area (Å²) >= 11 is 6.08. The van der Waals surface area contributed by atoms with Gasteiger partial charge in [-0.1, -0.05) is 11.6 Å². The van der Waals surface area contributed by atoms with E-state index < -0.39 is 0 Å². The van der Waals surface area contributed by atoms with Gasteiger partial charge in [0.25, 0.3) is 0 Å². The van der Waals surface area contributed by atoms with E-state index in [2.05, 4.69) is 15.6 Å². The van der Waals surface area contributed by atoms with Crippen molar-refractivity contribution in [2.24, 2.45) is 0 Å². The number of aromatic nitrogens is 1. The molecule has 0 radical (unpaired) electrons. The quantitative estimate of drug-likeness (QED) is 0.800. The van der Waals surface area contributed by atoms with Crippen LogP contribution in [0.1, 0.15) is 0 Å². The lowest BCUT2D eigenvalue weighted by molar-refractivity contribution is -0.115. The summed E-state index contributed by atoms with van der Waals surface area (Å²) < 4.78 is 4.90. The summed E-state index contributed by atoms with van der Waals surface area (Å²) in [5.41, 5.74) is 1.38. The molecule has 0 fully saturated rings. The maximum atomic E-state index is 11.8. The lowest BCUT2D eigenvalue weighted by Gasteiger charge is -2.09. The number of hydrogen-bond acceptors (Lipinski definition) is 4. The molecule has 2 aromatic rings.